The lowest BCUT2D eigenvalue weighted by Gasteiger charge is -2.17. The molecule has 7 aromatic carbocycles. The Labute approximate surface area is 295 Å². The molecule has 9 aromatic rings. The molecule has 0 amide bonds. The Kier molecular flexibility index (Phi) is 6.91. The Morgan fingerprint density at radius 1 is 0.412 bits per heavy atom. The minimum absolute atomic E-state index is 0.626. The Morgan fingerprint density at radius 3 is 1.71 bits per heavy atom. The summed E-state index contributed by atoms with van der Waals surface area (Å²) < 4.78 is 6.71. The summed E-state index contributed by atoms with van der Waals surface area (Å²) in [4.78, 5) is 14.9. The van der Waals surface area contributed by atoms with Crippen molar-refractivity contribution in [1.82, 2.24) is 15.0 Å². The topological polar surface area (TPSA) is 51.8 Å². The summed E-state index contributed by atoms with van der Waals surface area (Å²) in [5, 5.41) is 6.99. The summed E-state index contributed by atoms with van der Waals surface area (Å²) in [6, 6.07) is 52.7. The summed E-state index contributed by atoms with van der Waals surface area (Å²) in [6.07, 6.45) is 6.52. The van der Waals surface area contributed by atoms with Crippen LogP contribution >= 0.6 is 0 Å². The predicted octanol–water partition coefficient (Wildman–Crippen LogP) is 12.3. The third-order valence-corrected chi connectivity index (χ3v) is 10.0. The molecule has 0 aliphatic heterocycles. The smallest absolute Gasteiger partial charge is 0.164 e. The Hall–Kier alpha value is -6.65. The van der Waals surface area contributed by atoms with E-state index in [1.807, 2.05) is 60.7 Å². The first-order valence-electron chi connectivity index (χ1n) is 17.4. The number of nitrogens with zero attached hydrogens (tertiary/aromatic N) is 3. The number of fused-ring (bicyclic) bond motifs is 6. The monoisotopic (exact) mass is 653 g/mol. The van der Waals surface area contributed by atoms with Crippen LogP contribution < -0.4 is 0 Å². The van der Waals surface area contributed by atoms with Gasteiger partial charge in [0.15, 0.2) is 17.5 Å². The van der Waals surface area contributed by atoms with E-state index in [2.05, 4.69) is 103 Å². The fourth-order valence-corrected chi connectivity index (χ4v) is 7.43. The van der Waals surface area contributed by atoms with E-state index in [1.165, 1.54) is 38.4 Å². The van der Waals surface area contributed by atoms with Crippen LogP contribution in [0.1, 0.15) is 24.0 Å². The normalized spacial score (nSPS) is 13.2. The van der Waals surface area contributed by atoms with E-state index in [1.54, 1.807) is 0 Å². The fraction of sp³-hybridized carbons (Fsp3) is 0.0426. The third-order valence-electron chi connectivity index (χ3n) is 10.0. The van der Waals surface area contributed by atoms with Crippen molar-refractivity contribution in [2.75, 3.05) is 0 Å². The largest absolute Gasteiger partial charge is 0.455 e. The lowest BCUT2D eigenvalue weighted by atomic mass is 9.86. The SMILES string of the molecule is C1=C(c2ccc3ccccc3c2)CCC(c2cc3ccccc3c3oc4ccc(-c5nc(-c6ccccc6)nc(-c6ccccc6)n5)cc4c23)=C1. The highest BCUT2D eigenvalue weighted by Crippen LogP contribution is 2.43. The zero-order valence-corrected chi connectivity index (χ0v) is 27.8. The van der Waals surface area contributed by atoms with Crippen LogP contribution in [0.4, 0.5) is 0 Å². The van der Waals surface area contributed by atoms with Gasteiger partial charge in [-0.05, 0) is 81.6 Å². The summed E-state index contributed by atoms with van der Waals surface area (Å²) >= 11 is 0. The van der Waals surface area contributed by atoms with Gasteiger partial charge in [-0.3, -0.25) is 0 Å². The molecule has 4 heteroatoms. The van der Waals surface area contributed by atoms with Crippen molar-refractivity contribution < 1.29 is 4.42 Å². The molecular weight excluding hydrogens is 623 g/mol. The van der Waals surface area contributed by atoms with Gasteiger partial charge in [-0.25, -0.2) is 15.0 Å². The second-order valence-electron chi connectivity index (χ2n) is 13.1. The van der Waals surface area contributed by atoms with Gasteiger partial charge in [-0.1, -0.05) is 133 Å². The maximum absolute atomic E-state index is 6.71. The average Bonchev–Trinajstić information content (AvgIpc) is 3.60. The maximum Gasteiger partial charge on any atom is 0.164 e. The number of furan rings is 1. The van der Waals surface area contributed by atoms with Crippen LogP contribution in [0.25, 0.3) is 88.8 Å². The van der Waals surface area contributed by atoms with Crippen molar-refractivity contribution in [3.63, 3.8) is 0 Å². The van der Waals surface area contributed by atoms with E-state index < -0.39 is 0 Å². The van der Waals surface area contributed by atoms with E-state index in [-0.39, 0.29) is 0 Å². The first-order valence-corrected chi connectivity index (χ1v) is 17.4. The second-order valence-corrected chi connectivity index (χ2v) is 13.1. The molecular formula is C47H31N3O. The molecule has 2 heterocycles. The molecule has 0 atom stereocenters. The number of hydrogen-bond acceptors (Lipinski definition) is 4. The van der Waals surface area contributed by atoms with Crippen LogP contribution in [-0.4, -0.2) is 15.0 Å². The van der Waals surface area contributed by atoms with Gasteiger partial charge < -0.3 is 4.42 Å². The number of benzene rings is 7. The van der Waals surface area contributed by atoms with Gasteiger partial charge in [0.1, 0.15) is 11.2 Å². The zero-order chi connectivity index (χ0) is 33.7. The van der Waals surface area contributed by atoms with Crippen LogP contribution in [0.5, 0.6) is 0 Å². The quantitative estimate of drug-likeness (QED) is 0.185. The highest BCUT2D eigenvalue weighted by atomic mass is 16.3. The molecule has 0 unspecified atom stereocenters. The van der Waals surface area contributed by atoms with Gasteiger partial charge in [-0.15, -0.1) is 0 Å². The van der Waals surface area contributed by atoms with Crippen molar-refractivity contribution in [2.24, 2.45) is 0 Å². The van der Waals surface area contributed by atoms with Gasteiger partial charge >= 0.3 is 0 Å². The first-order chi connectivity index (χ1) is 25.2. The van der Waals surface area contributed by atoms with Crippen LogP contribution in [0.15, 0.2) is 168 Å². The fourth-order valence-electron chi connectivity index (χ4n) is 7.43. The Morgan fingerprint density at radius 2 is 1.00 bits per heavy atom. The van der Waals surface area contributed by atoms with E-state index in [9.17, 15) is 0 Å². The highest BCUT2D eigenvalue weighted by Gasteiger charge is 2.21. The summed E-state index contributed by atoms with van der Waals surface area (Å²) in [5.41, 5.74) is 9.72. The molecule has 10 rings (SSSR count). The van der Waals surface area contributed by atoms with Crippen LogP contribution in [-0.2, 0) is 0 Å². The highest BCUT2D eigenvalue weighted by molar-refractivity contribution is 6.20. The van der Waals surface area contributed by atoms with Gasteiger partial charge in [0.2, 0.25) is 0 Å². The standard InChI is InChI=1S/C47H31N3O/c1-3-12-33(13-4-1)45-48-46(34-14-5-2-6-15-34)50-47(49-45)38-25-26-42-41(29-38)43-40(28-37-17-9-10-18-39(37)44(43)51-42)32-22-19-31(20-23-32)36-24-21-30-11-7-8-16-35(30)27-36/h1-19,21-22,24-29H,20,23H2. The molecule has 0 saturated carbocycles. The predicted molar refractivity (Wildman–Crippen MR) is 210 cm³/mol. The van der Waals surface area contributed by atoms with Gasteiger partial charge in [0, 0.05) is 32.8 Å². The van der Waals surface area contributed by atoms with Crippen LogP contribution in [0, 0.1) is 0 Å². The molecule has 4 nitrogen and oxygen atoms in total. The van der Waals surface area contributed by atoms with Gasteiger partial charge in [-0.2, -0.15) is 0 Å². The van der Waals surface area contributed by atoms with Crippen LogP contribution in [0.2, 0.25) is 0 Å². The molecule has 0 spiro atoms. The number of allylic oxidation sites excluding steroid dienone is 4. The minimum atomic E-state index is 0.626. The van der Waals surface area contributed by atoms with Crippen molar-refractivity contribution in [3.8, 4) is 34.2 Å². The first kappa shape index (κ1) is 29.3. The molecule has 1 aliphatic carbocycles. The molecule has 0 radical (unpaired) electrons. The molecule has 2 aromatic heterocycles. The lowest BCUT2D eigenvalue weighted by molar-refractivity contribution is 0.672. The molecule has 0 N–H and O–H groups in total. The second kappa shape index (κ2) is 12.0. The lowest BCUT2D eigenvalue weighted by Crippen LogP contribution is -2.00. The Balaban J connectivity index is 1.15. The van der Waals surface area contributed by atoms with E-state index in [0.29, 0.717) is 17.5 Å². The molecule has 0 saturated heterocycles. The number of rotatable bonds is 5. The average molecular weight is 654 g/mol. The van der Waals surface area contributed by atoms with Crippen molar-refractivity contribution in [2.45, 2.75) is 12.8 Å². The maximum atomic E-state index is 6.71. The van der Waals surface area contributed by atoms with Crippen molar-refractivity contribution in [3.05, 3.63) is 175 Å². The summed E-state index contributed by atoms with van der Waals surface area (Å²) in [7, 11) is 0. The molecule has 1 aliphatic rings. The van der Waals surface area contributed by atoms with Crippen molar-refractivity contribution >= 4 is 54.6 Å². The Bertz CT molecular complexity index is 2790. The summed E-state index contributed by atoms with van der Waals surface area (Å²) in [5.74, 6) is 1.91. The zero-order valence-electron chi connectivity index (χ0n) is 27.8. The molecule has 0 fully saturated rings. The van der Waals surface area contributed by atoms with E-state index >= 15 is 0 Å². The molecule has 0 bridgehead atoms. The minimum Gasteiger partial charge on any atom is -0.455 e. The summed E-state index contributed by atoms with van der Waals surface area (Å²) in [6.45, 7) is 0. The van der Waals surface area contributed by atoms with E-state index in [4.69, 9.17) is 19.4 Å². The number of aromatic nitrogens is 3. The van der Waals surface area contributed by atoms with Crippen LogP contribution in [0.3, 0.4) is 0 Å². The van der Waals surface area contributed by atoms with E-state index in [0.717, 1.165) is 56.9 Å². The van der Waals surface area contributed by atoms with Gasteiger partial charge in [0.25, 0.3) is 0 Å². The third kappa shape index (κ3) is 5.20. The molecule has 240 valence electrons. The van der Waals surface area contributed by atoms with Gasteiger partial charge in [0.05, 0.1) is 0 Å². The number of hydrogen-bond donors (Lipinski definition) is 0. The van der Waals surface area contributed by atoms with Crippen molar-refractivity contribution in [1.29, 1.82) is 0 Å². The molecule has 51 heavy (non-hydrogen) atoms.